The average Bonchev–Trinajstić information content (AvgIpc) is 2.52. The first kappa shape index (κ1) is 8.95. The third kappa shape index (κ3) is 1.93. The number of carbonyl (C=O) groups is 1. The zero-order chi connectivity index (χ0) is 8.97. The average molecular weight is 173 g/mol. The normalized spacial score (nSPS) is 21.5. The van der Waals surface area contributed by atoms with Gasteiger partial charge >= 0.3 is 0 Å². The first-order valence-electron chi connectivity index (χ1n) is 3.63. The molecule has 1 amide bonds. The van der Waals surface area contributed by atoms with Crippen LogP contribution in [-0.2, 0) is 14.4 Å². The van der Waals surface area contributed by atoms with Gasteiger partial charge in [0, 0.05) is 6.61 Å². The number of carbonyl (C=O) groups excluding carboxylic acids is 1. The molecule has 0 radical (unpaired) electrons. The molecule has 0 aromatic heterocycles. The molecule has 1 aliphatic rings. The van der Waals surface area contributed by atoms with Crippen molar-refractivity contribution in [2.45, 2.75) is 19.6 Å². The predicted molar refractivity (Wildman–Crippen MR) is 40.9 cm³/mol. The van der Waals surface area contributed by atoms with Gasteiger partial charge in [0.2, 0.25) is 6.29 Å². The molecule has 6 nitrogen and oxygen atoms in total. The fourth-order valence-electron chi connectivity index (χ4n) is 0.848. The van der Waals surface area contributed by atoms with Crippen LogP contribution in [-0.4, -0.2) is 24.5 Å². The van der Waals surface area contributed by atoms with Crippen molar-refractivity contribution in [2.75, 3.05) is 6.61 Å². The molecule has 68 valence electrons. The molecule has 1 rings (SSSR count). The third-order valence-electron chi connectivity index (χ3n) is 1.39. The Labute approximate surface area is 69.7 Å². The van der Waals surface area contributed by atoms with Crippen LogP contribution in [0.4, 0.5) is 0 Å². The molecular formula is C6H11N3O3. The quantitative estimate of drug-likeness (QED) is 0.329. The molecule has 0 aromatic rings. The van der Waals surface area contributed by atoms with E-state index in [0.717, 1.165) is 0 Å². The van der Waals surface area contributed by atoms with Crippen molar-refractivity contribution in [1.29, 1.82) is 0 Å². The first-order valence-corrected chi connectivity index (χ1v) is 3.63. The van der Waals surface area contributed by atoms with Gasteiger partial charge in [0.1, 0.15) is 0 Å². The Morgan fingerprint density at radius 3 is 3.33 bits per heavy atom. The van der Waals surface area contributed by atoms with E-state index in [-0.39, 0.29) is 5.71 Å². The van der Waals surface area contributed by atoms with Gasteiger partial charge in [-0.1, -0.05) is 5.16 Å². The van der Waals surface area contributed by atoms with Crippen LogP contribution in [0.1, 0.15) is 13.3 Å². The summed E-state index contributed by atoms with van der Waals surface area (Å²) in [6.07, 6.45) is -0.0982. The lowest BCUT2D eigenvalue weighted by Gasteiger charge is -2.05. The summed E-state index contributed by atoms with van der Waals surface area (Å²) in [4.78, 5) is 15.6. The van der Waals surface area contributed by atoms with Crippen LogP contribution in [0.3, 0.4) is 0 Å². The van der Waals surface area contributed by atoms with Crippen LogP contribution < -0.4 is 11.3 Å². The lowest BCUT2D eigenvalue weighted by Crippen LogP contribution is -2.36. The molecule has 1 aliphatic heterocycles. The van der Waals surface area contributed by atoms with Crippen LogP contribution in [0.2, 0.25) is 0 Å². The highest BCUT2D eigenvalue weighted by molar-refractivity contribution is 6.38. The van der Waals surface area contributed by atoms with E-state index in [9.17, 15) is 4.79 Å². The second-order valence-electron chi connectivity index (χ2n) is 2.21. The minimum absolute atomic E-state index is 0.260. The lowest BCUT2D eigenvalue weighted by atomic mass is 10.2. The van der Waals surface area contributed by atoms with E-state index in [4.69, 9.17) is 15.4 Å². The maximum atomic E-state index is 10.9. The summed E-state index contributed by atoms with van der Waals surface area (Å²) in [5.41, 5.74) is 2.22. The van der Waals surface area contributed by atoms with Crippen LogP contribution in [0.5, 0.6) is 0 Å². The first-order chi connectivity index (χ1) is 5.77. The molecule has 12 heavy (non-hydrogen) atoms. The Balaban J connectivity index is 2.38. The zero-order valence-corrected chi connectivity index (χ0v) is 6.74. The summed E-state index contributed by atoms with van der Waals surface area (Å²) in [6, 6.07) is 0. The Morgan fingerprint density at radius 1 is 2.00 bits per heavy atom. The molecule has 1 atom stereocenters. The number of hydrogen-bond acceptors (Lipinski definition) is 5. The van der Waals surface area contributed by atoms with Gasteiger partial charge in [-0.2, -0.15) is 0 Å². The Hall–Kier alpha value is -1.14. The molecule has 0 aliphatic carbocycles. The monoisotopic (exact) mass is 173 g/mol. The number of nitrogens with one attached hydrogen (secondary N) is 1. The van der Waals surface area contributed by atoms with E-state index in [2.05, 4.69) is 5.16 Å². The van der Waals surface area contributed by atoms with E-state index in [1.54, 1.807) is 0 Å². The molecule has 0 aromatic carbocycles. The number of rotatable bonds is 3. The van der Waals surface area contributed by atoms with Gasteiger partial charge in [0.05, 0.1) is 6.42 Å². The predicted octanol–water partition coefficient (Wildman–Crippen LogP) is -0.885. The van der Waals surface area contributed by atoms with Crippen LogP contribution in [0.25, 0.3) is 0 Å². The third-order valence-corrected chi connectivity index (χ3v) is 1.39. The van der Waals surface area contributed by atoms with Crippen LogP contribution in [0.15, 0.2) is 5.16 Å². The summed E-state index contributed by atoms with van der Waals surface area (Å²) in [6.45, 7) is 2.36. The summed E-state index contributed by atoms with van der Waals surface area (Å²) < 4.78 is 5.07. The standard InChI is InChI=1S/C6H11N3O3/c1-2-11-5-3-4(9-12-5)6(10)8-7/h5H,2-3,7H2,1H3,(H,8,10)/t5-/m1/s1. The smallest absolute Gasteiger partial charge is 0.283 e. The van der Waals surface area contributed by atoms with Crippen molar-refractivity contribution in [3.8, 4) is 0 Å². The van der Waals surface area contributed by atoms with Crippen molar-refractivity contribution in [1.82, 2.24) is 5.43 Å². The van der Waals surface area contributed by atoms with E-state index in [0.29, 0.717) is 13.0 Å². The Morgan fingerprint density at radius 2 is 2.75 bits per heavy atom. The molecule has 3 N–H and O–H groups in total. The van der Waals surface area contributed by atoms with Gasteiger partial charge in [-0.15, -0.1) is 0 Å². The number of amides is 1. The summed E-state index contributed by atoms with van der Waals surface area (Å²) in [5.74, 6) is 4.46. The number of nitrogens with zero attached hydrogens (tertiary/aromatic N) is 1. The van der Waals surface area contributed by atoms with E-state index in [1.807, 2.05) is 12.3 Å². The van der Waals surface area contributed by atoms with Crippen LogP contribution in [0, 0.1) is 0 Å². The van der Waals surface area contributed by atoms with Crippen molar-refractivity contribution in [3.63, 3.8) is 0 Å². The number of hydrazine groups is 1. The van der Waals surface area contributed by atoms with Gasteiger partial charge in [-0.3, -0.25) is 10.2 Å². The number of nitrogens with two attached hydrogens (primary N) is 1. The SMILES string of the molecule is CCO[C@H]1CC(C(=O)NN)=NO1. The van der Waals surface area contributed by atoms with Crippen molar-refractivity contribution < 1.29 is 14.4 Å². The van der Waals surface area contributed by atoms with E-state index in [1.165, 1.54) is 0 Å². The number of ether oxygens (including phenoxy) is 1. The van der Waals surface area contributed by atoms with Crippen molar-refractivity contribution >= 4 is 11.6 Å². The largest absolute Gasteiger partial charge is 0.363 e. The molecule has 6 heteroatoms. The fraction of sp³-hybridized carbons (Fsp3) is 0.667. The lowest BCUT2D eigenvalue weighted by molar-refractivity contribution is -0.120. The highest BCUT2D eigenvalue weighted by atomic mass is 16.8. The molecule has 0 saturated carbocycles. The van der Waals surface area contributed by atoms with Gasteiger partial charge in [-0.05, 0) is 6.92 Å². The molecule has 0 bridgehead atoms. The molecule has 0 spiro atoms. The van der Waals surface area contributed by atoms with Gasteiger partial charge < -0.3 is 9.57 Å². The molecular weight excluding hydrogens is 162 g/mol. The Bertz CT molecular complexity index is 204. The summed E-state index contributed by atoms with van der Waals surface area (Å²) >= 11 is 0. The van der Waals surface area contributed by atoms with Gasteiger partial charge in [0.15, 0.2) is 5.71 Å². The fourth-order valence-corrected chi connectivity index (χ4v) is 0.848. The highest BCUT2D eigenvalue weighted by Crippen LogP contribution is 2.11. The highest BCUT2D eigenvalue weighted by Gasteiger charge is 2.25. The minimum Gasteiger partial charge on any atom is -0.363 e. The molecule has 1 heterocycles. The second kappa shape index (κ2) is 4.03. The van der Waals surface area contributed by atoms with Gasteiger partial charge in [-0.25, -0.2) is 5.84 Å². The van der Waals surface area contributed by atoms with Crippen LogP contribution >= 0.6 is 0 Å². The maximum Gasteiger partial charge on any atom is 0.283 e. The second-order valence-corrected chi connectivity index (χ2v) is 2.21. The number of hydrogen-bond donors (Lipinski definition) is 2. The van der Waals surface area contributed by atoms with E-state index >= 15 is 0 Å². The molecule has 0 fully saturated rings. The maximum absolute atomic E-state index is 10.9. The zero-order valence-electron chi connectivity index (χ0n) is 6.74. The van der Waals surface area contributed by atoms with Crippen molar-refractivity contribution in [2.24, 2.45) is 11.0 Å². The molecule has 0 unspecified atom stereocenters. The minimum atomic E-state index is -0.442. The molecule has 0 saturated heterocycles. The van der Waals surface area contributed by atoms with E-state index < -0.39 is 12.2 Å². The summed E-state index contributed by atoms with van der Waals surface area (Å²) in [7, 11) is 0. The summed E-state index contributed by atoms with van der Waals surface area (Å²) in [5, 5.41) is 3.51. The number of oxime groups is 1. The van der Waals surface area contributed by atoms with Crippen molar-refractivity contribution in [3.05, 3.63) is 0 Å². The van der Waals surface area contributed by atoms with Gasteiger partial charge in [0.25, 0.3) is 5.91 Å². The Kier molecular flexibility index (Phi) is 3.01. The topological polar surface area (TPSA) is 85.9 Å².